The minimum Gasteiger partial charge on any atom is -0.481 e. The molecule has 4 nitrogen and oxygen atoms in total. The van der Waals surface area contributed by atoms with Crippen LogP contribution in [0.1, 0.15) is 78.6 Å². The molecule has 4 rings (SSSR count). The summed E-state index contributed by atoms with van der Waals surface area (Å²) in [6.07, 6.45) is 9.68. The van der Waals surface area contributed by atoms with E-state index in [0.29, 0.717) is 36.4 Å². The fourth-order valence-electron chi connectivity index (χ4n) is 7.81. The fraction of sp³-hybridized carbons (Fsp3) is 0.826. The van der Waals surface area contributed by atoms with Gasteiger partial charge in [0.15, 0.2) is 0 Å². The minimum atomic E-state index is -1.08. The summed E-state index contributed by atoms with van der Waals surface area (Å²) in [5.41, 5.74) is 0.459. The second kappa shape index (κ2) is 6.17. The van der Waals surface area contributed by atoms with Crippen LogP contribution in [-0.2, 0) is 9.59 Å². The van der Waals surface area contributed by atoms with E-state index in [0.717, 1.165) is 32.1 Å². The molecule has 0 bridgehead atoms. The van der Waals surface area contributed by atoms with Crippen LogP contribution in [0.5, 0.6) is 0 Å². The molecule has 4 aliphatic rings. The number of hydrogen-bond donors (Lipinski definition) is 2. The van der Waals surface area contributed by atoms with Crippen molar-refractivity contribution in [2.45, 2.75) is 84.2 Å². The molecule has 2 N–H and O–H groups in total. The second-order valence-electron chi connectivity index (χ2n) is 10.5. The number of ketones is 1. The number of allylic oxidation sites excluding steroid dienone is 1. The molecule has 3 fully saturated rings. The summed E-state index contributed by atoms with van der Waals surface area (Å²) in [7, 11) is 0. The molecule has 150 valence electrons. The van der Waals surface area contributed by atoms with Gasteiger partial charge in [-0.25, -0.2) is 0 Å². The van der Waals surface area contributed by atoms with Gasteiger partial charge in [0.2, 0.25) is 0 Å². The predicted octanol–water partition coefficient (Wildman–Crippen LogP) is 4.36. The molecule has 0 aromatic heterocycles. The van der Waals surface area contributed by atoms with Gasteiger partial charge in [-0.2, -0.15) is 0 Å². The van der Waals surface area contributed by atoms with Crippen molar-refractivity contribution in [3.05, 3.63) is 11.6 Å². The summed E-state index contributed by atoms with van der Waals surface area (Å²) in [4.78, 5) is 23.4. The summed E-state index contributed by atoms with van der Waals surface area (Å²) in [6.45, 7) is 6.49. The van der Waals surface area contributed by atoms with Crippen LogP contribution in [0.15, 0.2) is 11.6 Å². The highest BCUT2D eigenvalue weighted by atomic mass is 16.4. The summed E-state index contributed by atoms with van der Waals surface area (Å²) in [5.74, 6) is 1.55. The first-order chi connectivity index (χ1) is 12.6. The van der Waals surface area contributed by atoms with Crippen LogP contribution >= 0.6 is 0 Å². The Balaban J connectivity index is 1.61. The largest absolute Gasteiger partial charge is 0.481 e. The number of rotatable bonds is 3. The Morgan fingerprint density at radius 1 is 1.11 bits per heavy atom. The van der Waals surface area contributed by atoms with Crippen LogP contribution in [0.2, 0.25) is 0 Å². The molecular weight excluding hydrogens is 340 g/mol. The standard InChI is InChI=1S/C23H34O4/c1-14(24)17-6-7-18-16-5-4-15-12-23(27,13-20(25)26)11-10-21(15,2)19(16)8-9-22(17,18)3/h4,16-19,27H,5-13H2,1-3H3,(H,25,26)/t16?,17-,18?,19?,21+,22-,23+/m1/s1. The van der Waals surface area contributed by atoms with Crippen molar-refractivity contribution in [1.82, 2.24) is 0 Å². The fourth-order valence-corrected chi connectivity index (χ4v) is 7.81. The van der Waals surface area contributed by atoms with Gasteiger partial charge in [0.1, 0.15) is 5.78 Å². The number of aliphatic carboxylic acids is 1. The third kappa shape index (κ3) is 2.82. The first kappa shape index (κ1) is 19.2. The molecule has 3 unspecified atom stereocenters. The molecule has 0 aromatic carbocycles. The molecule has 0 spiro atoms. The van der Waals surface area contributed by atoms with Gasteiger partial charge in [0, 0.05) is 5.92 Å². The number of Topliss-reactive ketones (excluding diaryl/α,β-unsaturated/α-hetero) is 1. The van der Waals surface area contributed by atoms with E-state index >= 15 is 0 Å². The number of carbonyl (C=O) groups is 2. The molecular formula is C23H34O4. The van der Waals surface area contributed by atoms with E-state index in [1.165, 1.54) is 12.0 Å². The first-order valence-corrected chi connectivity index (χ1v) is 10.7. The van der Waals surface area contributed by atoms with Crippen molar-refractivity contribution < 1.29 is 19.8 Å². The zero-order chi connectivity index (χ0) is 19.6. The Bertz CT molecular complexity index is 696. The lowest BCUT2D eigenvalue weighted by Gasteiger charge is -2.59. The molecule has 3 saturated carbocycles. The number of fused-ring (bicyclic) bond motifs is 5. The number of carboxylic acid groups (broad SMARTS) is 1. The Hall–Kier alpha value is -1.16. The molecule has 7 atom stereocenters. The Kier molecular flexibility index (Phi) is 4.38. The number of aliphatic hydroxyl groups is 1. The molecule has 0 saturated heterocycles. The summed E-state index contributed by atoms with van der Waals surface area (Å²) in [5, 5.41) is 20.0. The van der Waals surface area contributed by atoms with Gasteiger partial charge < -0.3 is 10.2 Å². The van der Waals surface area contributed by atoms with Crippen LogP contribution in [0.25, 0.3) is 0 Å². The lowest BCUT2D eigenvalue weighted by Crippen LogP contribution is -2.52. The zero-order valence-corrected chi connectivity index (χ0v) is 17.0. The Morgan fingerprint density at radius 3 is 2.52 bits per heavy atom. The Labute approximate surface area is 162 Å². The van der Waals surface area contributed by atoms with Gasteiger partial charge in [0.05, 0.1) is 12.0 Å². The number of carbonyl (C=O) groups excluding carboxylic acids is 1. The van der Waals surface area contributed by atoms with Crippen molar-refractivity contribution in [3.63, 3.8) is 0 Å². The van der Waals surface area contributed by atoms with Gasteiger partial charge in [-0.1, -0.05) is 25.5 Å². The summed E-state index contributed by atoms with van der Waals surface area (Å²) < 4.78 is 0. The molecule has 0 heterocycles. The van der Waals surface area contributed by atoms with Crippen molar-refractivity contribution >= 4 is 11.8 Å². The molecule has 27 heavy (non-hydrogen) atoms. The average molecular weight is 375 g/mol. The quantitative estimate of drug-likeness (QED) is 0.720. The van der Waals surface area contributed by atoms with Crippen LogP contribution in [-0.4, -0.2) is 27.6 Å². The highest BCUT2D eigenvalue weighted by Crippen LogP contribution is 2.66. The number of hydrogen-bond acceptors (Lipinski definition) is 3. The maximum absolute atomic E-state index is 12.2. The lowest BCUT2D eigenvalue weighted by molar-refractivity contribution is -0.145. The smallest absolute Gasteiger partial charge is 0.306 e. The van der Waals surface area contributed by atoms with Crippen molar-refractivity contribution in [3.8, 4) is 0 Å². The lowest BCUT2D eigenvalue weighted by atomic mass is 9.46. The maximum atomic E-state index is 12.2. The van der Waals surface area contributed by atoms with Crippen molar-refractivity contribution in [2.75, 3.05) is 0 Å². The molecule has 4 heteroatoms. The third-order valence-electron chi connectivity index (χ3n) is 9.23. The average Bonchev–Trinajstić information content (AvgIpc) is 2.92. The summed E-state index contributed by atoms with van der Waals surface area (Å²) in [6, 6.07) is 0. The second-order valence-corrected chi connectivity index (χ2v) is 10.5. The van der Waals surface area contributed by atoms with E-state index in [-0.39, 0.29) is 23.2 Å². The van der Waals surface area contributed by atoms with Gasteiger partial charge in [0.25, 0.3) is 0 Å². The van der Waals surface area contributed by atoms with Gasteiger partial charge >= 0.3 is 5.97 Å². The van der Waals surface area contributed by atoms with Gasteiger partial charge in [-0.3, -0.25) is 9.59 Å². The summed E-state index contributed by atoms with van der Waals surface area (Å²) >= 11 is 0. The van der Waals surface area contributed by atoms with Gasteiger partial charge in [-0.05, 0) is 86.9 Å². The molecule has 0 aromatic rings. The van der Waals surface area contributed by atoms with E-state index in [4.69, 9.17) is 0 Å². The van der Waals surface area contributed by atoms with E-state index in [1.54, 1.807) is 6.92 Å². The van der Waals surface area contributed by atoms with Crippen LogP contribution in [0.4, 0.5) is 0 Å². The third-order valence-corrected chi connectivity index (χ3v) is 9.23. The molecule has 0 amide bonds. The van der Waals surface area contributed by atoms with E-state index < -0.39 is 11.6 Å². The number of carboxylic acids is 1. The van der Waals surface area contributed by atoms with Crippen molar-refractivity contribution in [2.24, 2.45) is 34.5 Å². The highest BCUT2D eigenvalue weighted by molar-refractivity contribution is 5.79. The molecule has 0 radical (unpaired) electrons. The van der Waals surface area contributed by atoms with E-state index in [9.17, 15) is 19.8 Å². The Morgan fingerprint density at radius 2 is 1.85 bits per heavy atom. The molecule has 4 aliphatic carbocycles. The minimum absolute atomic E-state index is 0.0866. The normalized spacial score (nSPS) is 48.8. The van der Waals surface area contributed by atoms with Gasteiger partial charge in [-0.15, -0.1) is 0 Å². The first-order valence-electron chi connectivity index (χ1n) is 10.7. The molecule has 0 aliphatic heterocycles. The SMILES string of the molecule is CC(=O)[C@H]1CCC2C3CC=C4C[C@](O)(CC(=O)O)CC[C@]4(C)C3CC[C@@]21C. The van der Waals surface area contributed by atoms with E-state index in [2.05, 4.69) is 19.9 Å². The maximum Gasteiger partial charge on any atom is 0.306 e. The topological polar surface area (TPSA) is 74.6 Å². The monoisotopic (exact) mass is 374 g/mol. The van der Waals surface area contributed by atoms with Crippen LogP contribution < -0.4 is 0 Å². The van der Waals surface area contributed by atoms with E-state index in [1.807, 2.05) is 0 Å². The zero-order valence-electron chi connectivity index (χ0n) is 17.0. The predicted molar refractivity (Wildman–Crippen MR) is 103 cm³/mol. The highest BCUT2D eigenvalue weighted by Gasteiger charge is 2.60. The van der Waals surface area contributed by atoms with Crippen LogP contribution in [0, 0.1) is 34.5 Å². The van der Waals surface area contributed by atoms with Crippen molar-refractivity contribution in [1.29, 1.82) is 0 Å². The van der Waals surface area contributed by atoms with Crippen LogP contribution in [0.3, 0.4) is 0 Å².